The molecule has 2 aliphatic rings. The monoisotopic (exact) mass is 878 g/mol. The lowest BCUT2D eigenvalue weighted by Crippen LogP contribution is -2.54. The molecule has 0 saturated carbocycles. The summed E-state index contributed by atoms with van der Waals surface area (Å²) in [4.78, 5) is 71.5. The van der Waals surface area contributed by atoms with E-state index in [2.05, 4.69) is 16.0 Å². The van der Waals surface area contributed by atoms with Crippen LogP contribution in [0.2, 0.25) is 0 Å². The van der Waals surface area contributed by atoms with Gasteiger partial charge in [0.15, 0.2) is 0 Å². The zero-order valence-corrected chi connectivity index (χ0v) is 34.4. The van der Waals surface area contributed by atoms with Crippen LogP contribution in [0, 0.1) is 20.2 Å². The first kappa shape index (κ1) is 49.4. The normalized spacial score (nSPS) is 14.9. The van der Waals surface area contributed by atoms with E-state index in [-0.39, 0.29) is 54.2 Å². The summed E-state index contributed by atoms with van der Waals surface area (Å²) in [5.41, 5.74) is 0.303. The Morgan fingerprint density at radius 2 is 1.03 bits per heavy atom. The van der Waals surface area contributed by atoms with Crippen LogP contribution in [0.25, 0.3) is 0 Å². The van der Waals surface area contributed by atoms with E-state index in [1.165, 1.54) is 12.1 Å². The van der Waals surface area contributed by atoms with Crippen LogP contribution in [0.3, 0.4) is 0 Å². The average Bonchev–Trinajstić information content (AvgIpc) is 3.51. The van der Waals surface area contributed by atoms with Gasteiger partial charge in [-0.25, -0.2) is 0 Å². The number of piperidine rings is 1. The number of nitrogens with zero attached hydrogens (tertiary/aromatic N) is 3. The summed E-state index contributed by atoms with van der Waals surface area (Å²) in [5, 5.41) is 30.2. The lowest BCUT2D eigenvalue weighted by molar-refractivity contribution is -0.393. The van der Waals surface area contributed by atoms with Crippen molar-refractivity contribution in [2.24, 2.45) is 0 Å². The number of hydrogen-bond donors (Lipinski definition) is 3. The second kappa shape index (κ2) is 28.4. The molecular weight excluding hydrogens is 824 g/mol. The van der Waals surface area contributed by atoms with E-state index < -0.39 is 39.5 Å². The smallest absolute Gasteiger partial charge is 0.299 e. The summed E-state index contributed by atoms with van der Waals surface area (Å²) in [7, 11) is 0. The number of benzene rings is 2. The van der Waals surface area contributed by atoms with E-state index in [1.807, 2.05) is 0 Å². The number of fused-ring (bicyclic) bond motifs is 1. The third-order valence-electron chi connectivity index (χ3n) is 8.96. The average molecular weight is 879 g/mol. The molecule has 1 atom stereocenters. The van der Waals surface area contributed by atoms with Gasteiger partial charge in [-0.15, -0.1) is 0 Å². The van der Waals surface area contributed by atoms with Gasteiger partial charge >= 0.3 is 0 Å². The third kappa shape index (κ3) is 16.9. The molecular formula is C39H54N6O17. The minimum atomic E-state index is -1.02. The molecule has 0 aliphatic carbocycles. The van der Waals surface area contributed by atoms with Crippen molar-refractivity contribution in [2.45, 2.75) is 18.9 Å². The van der Waals surface area contributed by atoms with Crippen molar-refractivity contribution >= 4 is 46.4 Å². The van der Waals surface area contributed by atoms with Crippen LogP contribution in [0.15, 0.2) is 36.4 Å². The summed E-state index contributed by atoms with van der Waals surface area (Å²) in [5.74, 6) is -2.22. The first-order valence-electron chi connectivity index (χ1n) is 20.1. The molecule has 23 heteroatoms. The number of nitro groups is 2. The highest BCUT2D eigenvalue weighted by Crippen LogP contribution is 2.32. The Morgan fingerprint density at radius 3 is 1.47 bits per heavy atom. The standard InChI is InChI=1S/C39H54N6O17/c46-35-7-6-33(37(47)42-35)43-38(48)30-2-1-3-32(36(30)39(43)49)41-9-11-55-13-15-57-17-19-59-21-23-61-25-27-62-26-24-60-22-20-58-18-16-56-14-12-54-10-8-40-31-5-4-29(44(50)51)28-34(31)45(52)53/h1-5,28,33,40-41H,6-27H2,(H,42,46,47). The number of amides is 4. The molecule has 0 spiro atoms. The predicted molar refractivity (Wildman–Crippen MR) is 217 cm³/mol. The Balaban J connectivity index is 0.839. The Hall–Kier alpha value is -5.24. The van der Waals surface area contributed by atoms with Gasteiger partial charge in [-0.05, 0) is 24.6 Å². The van der Waals surface area contributed by atoms with Crippen molar-refractivity contribution in [1.82, 2.24) is 10.2 Å². The van der Waals surface area contributed by atoms with Crippen molar-refractivity contribution in [2.75, 3.05) is 143 Å². The molecule has 2 aromatic carbocycles. The zero-order chi connectivity index (χ0) is 44.4. The maximum absolute atomic E-state index is 13.2. The van der Waals surface area contributed by atoms with Crippen LogP contribution in [-0.4, -0.2) is 176 Å². The molecule has 0 bridgehead atoms. The summed E-state index contributed by atoms with van der Waals surface area (Å²) < 4.78 is 49.3. The number of ether oxygens (including phenoxy) is 9. The molecule has 23 nitrogen and oxygen atoms in total. The molecule has 342 valence electrons. The summed E-state index contributed by atoms with van der Waals surface area (Å²) in [6.45, 7) is 7.52. The van der Waals surface area contributed by atoms with Crippen molar-refractivity contribution in [1.29, 1.82) is 0 Å². The molecule has 0 radical (unpaired) electrons. The third-order valence-corrected chi connectivity index (χ3v) is 8.96. The van der Waals surface area contributed by atoms with Gasteiger partial charge in [0.1, 0.15) is 11.7 Å². The molecule has 1 unspecified atom stereocenters. The SMILES string of the molecule is O=C1CCC(N2C(=O)c3cccc(NCCOCCOCCOCCOCCOCCOCCOCCOCCOCCNc4ccc([N+](=O)[O-])cc4[N+](=O)[O-])c3C2=O)C(=O)N1. The van der Waals surface area contributed by atoms with Gasteiger partial charge in [-0.2, -0.15) is 0 Å². The number of rotatable bonds is 35. The van der Waals surface area contributed by atoms with E-state index in [0.29, 0.717) is 125 Å². The summed E-state index contributed by atoms with van der Waals surface area (Å²) in [6.07, 6.45) is 0.146. The van der Waals surface area contributed by atoms with Crippen LogP contribution in [0.1, 0.15) is 33.6 Å². The maximum atomic E-state index is 13.2. The molecule has 4 rings (SSSR count). The van der Waals surface area contributed by atoms with Crippen LogP contribution in [0.4, 0.5) is 22.7 Å². The number of non-ortho nitro benzene ring substituents is 1. The molecule has 3 N–H and O–H groups in total. The van der Waals surface area contributed by atoms with Crippen LogP contribution in [-0.2, 0) is 52.2 Å². The lowest BCUT2D eigenvalue weighted by atomic mass is 10.0. The number of anilines is 2. The van der Waals surface area contributed by atoms with Gasteiger partial charge < -0.3 is 53.3 Å². The van der Waals surface area contributed by atoms with Crippen LogP contribution < -0.4 is 16.0 Å². The Labute approximate surface area is 357 Å². The first-order chi connectivity index (χ1) is 30.2. The van der Waals surface area contributed by atoms with E-state index in [0.717, 1.165) is 11.0 Å². The fraction of sp³-hybridized carbons (Fsp3) is 0.590. The number of nitrogens with one attached hydrogen (secondary N) is 3. The molecule has 2 aromatic rings. The summed E-state index contributed by atoms with van der Waals surface area (Å²) >= 11 is 0. The van der Waals surface area contributed by atoms with Gasteiger partial charge in [-0.1, -0.05) is 6.07 Å². The Morgan fingerprint density at radius 1 is 0.581 bits per heavy atom. The predicted octanol–water partition coefficient (Wildman–Crippen LogP) is 1.58. The number of nitro benzene ring substituents is 2. The maximum Gasteiger partial charge on any atom is 0.299 e. The number of carbonyl (C=O) groups is 4. The second-order valence-electron chi connectivity index (χ2n) is 13.3. The number of carbonyl (C=O) groups excluding carboxylic acids is 4. The van der Waals surface area contributed by atoms with E-state index in [4.69, 9.17) is 42.6 Å². The molecule has 1 saturated heterocycles. The topological polar surface area (TPSA) is 277 Å². The molecule has 4 amide bonds. The Kier molecular flexibility index (Phi) is 22.6. The van der Waals surface area contributed by atoms with Crippen molar-refractivity contribution in [3.05, 3.63) is 67.8 Å². The molecule has 62 heavy (non-hydrogen) atoms. The highest BCUT2D eigenvalue weighted by atomic mass is 16.6. The van der Waals surface area contributed by atoms with Gasteiger partial charge in [0.25, 0.3) is 23.2 Å². The fourth-order valence-electron chi connectivity index (χ4n) is 5.97. The summed E-state index contributed by atoms with van der Waals surface area (Å²) in [6, 6.07) is 7.26. The molecule has 2 aliphatic heterocycles. The van der Waals surface area contributed by atoms with Crippen molar-refractivity contribution in [3.63, 3.8) is 0 Å². The van der Waals surface area contributed by atoms with Crippen molar-refractivity contribution < 1.29 is 71.7 Å². The molecule has 1 fully saturated rings. The zero-order valence-electron chi connectivity index (χ0n) is 34.4. The largest absolute Gasteiger partial charge is 0.382 e. The van der Waals surface area contributed by atoms with Crippen LogP contribution in [0.5, 0.6) is 0 Å². The number of imide groups is 2. The van der Waals surface area contributed by atoms with Crippen molar-refractivity contribution in [3.8, 4) is 0 Å². The van der Waals surface area contributed by atoms with E-state index in [9.17, 15) is 39.4 Å². The van der Waals surface area contributed by atoms with Gasteiger partial charge in [0.05, 0.1) is 146 Å². The fourth-order valence-corrected chi connectivity index (χ4v) is 5.97. The second-order valence-corrected chi connectivity index (χ2v) is 13.3. The first-order valence-corrected chi connectivity index (χ1v) is 20.1. The van der Waals surface area contributed by atoms with Crippen LogP contribution >= 0.6 is 0 Å². The van der Waals surface area contributed by atoms with E-state index >= 15 is 0 Å². The number of hydrogen-bond acceptors (Lipinski definition) is 19. The minimum Gasteiger partial charge on any atom is -0.382 e. The highest BCUT2D eigenvalue weighted by molar-refractivity contribution is 6.25. The van der Waals surface area contributed by atoms with Gasteiger partial charge in [-0.3, -0.25) is 49.6 Å². The molecule has 0 aromatic heterocycles. The quantitative estimate of drug-likeness (QED) is 0.0384. The van der Waals surface area contributed by atoms with Gasteiger partial charge in [0, 0.05) is 31.3 Å². The minimum absolute atomic E-state index is 0.0542. The lowest BCUT2D eigenvalue weighted by Gasteiger charge is -2.27. The Bertz CT molecular complexity index is 1770. The molecule has 2 heterocycles. The van der Waals surface area contributed by atoms with E-state index in [1.54, 1.807) is 18.2 Å². The highest BCUT2D eigenvalue weighted by Gasteiger charge is 2.45. The van der Waals surface area contributed by atoms with Gasteiger partial charge in [0.2, 0.25) is 11.8 Å².